The second-order valence-corrected chi connectivity index (χ2v) is 6.82. The fourth-order valence-electron chi connectivity index (χ4n) is 3.07. The molecule has 1 fully saturated rings. The van der Waals surface area contributed by atoms with Crippen LogP contribution in [0.2, 0.25) is 0 Å². The van der Waals surface area contributed by atoms with Gasteiger partial charge in [-0.15, -0.1) is 0 Å². The fourth-order valence-corrected chi connectivity index (χ4v) is 3.07. The highest BCUT2D eigenvalue weighted by atomic mass is 16.5. The summed E-state index contributed by atoms with van der Waals surface area (Å²) in [6, 6.07) is 13.8. The van der Waals surface area contributed by atoms with E-state index in [9.17, 15) is 0 Å². The maximum Gasteiger partial charge on any atom is 0.219 e. The Bertz CT molecular complexity index is 931. The Morgan fingerprint density at radius 3 is 2.61 bits per heavy atom. The highest BCUT2D eigenvalue weighted by molar-refractivity contribution is 5.67. The second kappa shape index (κ2) is 8.67. The molecule has 1 aliphatic rings. The van der Waals surface area contributed by atoms with Gasteiger partial charge in [0, 0.05) is 17.8 Å². The number of nitrogens with one attached hydrogen (secondary N) is 3. The van der Waals surface area contributed by atoms with Crippen LogP contribution in [0.5, 0.6) is 5.88 Å². The number of aromatic nitrogens is 4. The first-order chi connectivity index (χ1) is 13.7. The Morgan fingerprint density at radius 2 is 1.86 bits per heavy atom. The highest BCUT2D eigenvalue weighted by Crippen LogP contribution is 2.21. The van der Waals surface area contributed by atoms with Gasteiger partial charge < -0.3 is 15.4 Å². The number of benzene rings is 1. The number of nitrogens with zero attached hydrogens (tertiary/aromatic N) is 3. The van der Waals surface area contributed by atoms with E-state index in [1.165, 1.54) is 0 Å². The minimum atomic E-state index is 0.169. The maximum atomic E-state index is 6.14. The molecule has 3 heterocycles. The minimum Gasteiger partial charge on any atom is -0.474 e. The number of anilines is 2. The molecule has 0 radical (unpaired) electrons. The highest BCUT2D eigenvalue weighted by Gasteiger charge is 2.16. The number of ether oxygens (including phenoxy) is 1. The van der Waals surface area contributed by atoms with Crippen molar-refractivity contribution in [2.45, 2.75) is 25.9 Å². The lowest BCUT2D eigenvalue weighted by molar-refractivity contribution is 0.155. The number of H-pyrrole nitrogens is 1. The fraction of sp³-hybridized carbons (Fsp3) is 0.286. The predicted octanol–water partition coefficient (Wildman–Crippen LogP) is 3.55. The minimum absolute atomic E-state index is 0.169. The van der Waals surface area contributed by atoms with Gasteiger partial charge >= 0.3 is 0 Å². The maximum absolute atomic E-state index is 6.14. The molecule has 0 unspecified atom stereocenters. The lowest BCUT2D eigenvalue weighted by atomic mass is 10.1. The van der Waals surface area contributed by atoms with Crippen LogP contribution in [0, 0.1) is 6.92 Å². The number of hydrogen-bond acceptors (Lipinski definition) is 6. The monoisotopic (exact) mass is 376 g/mol. The summed E-state index contributed by atoms with van der Waals surface area (Å²) in [6.45, 7) is 3.89. The van der Waals surface area contributed by atoms with E-state index in [1.54, 1.807) is 0 Å². The SMILES string of the molecule is Cc1cc(Nc2cc(OC3CCNCC3)nc(/C=C/c3ccccc3)n2)n[nH]1. The van der Waals surface area contributed by atoms with Crippen molar-refractivity contribution in [1.82, 2.24) is 25.5 Å². The van der Waals surface area contributed by atoms with Gasteiger partial charge in [0.05, 0.1) is 0 Å². The average molecular weight is 376 g/mol. The van der Waals surface area contributed by atoms with E-state index in [1.807, 2.05) is 61.5 Å². The van der Waals surface area contributed by atoms with Gasteiger partial charge in [-0.25, -0.2) is 4.98 Å². The summed E-state index contributed by atoms with van der Waals surface area (Å²) in [4.78, 5) is 9.17. The van der Waals surface area contributed by atoms with Crippen molar-refractivity contribution in [2.24, 2.45) is 0 Å². The Kier molecular flexibility index (Phi) is 5.63. The van der Waals surface area contributed by atoms with Gasteiger partial charge in [0.15, 0.2) is 11.6 Å². The summed E-state index contributed by atoms with van der Waals surface area (Å²) >= 11 is 0. The van der Waals surface area contributed by atoms with Crippen LogP contribution in [-0.4, -0.2) is 39.4 Å². The molecule has 0 aliphatic carbocycles. The normalized spacial score (nSPS) is 15.0. The van der Waals surface area contributed by atoms with Crippen LogP contribution in [0.15, 0.2) is 42.5 Å². The van der Waals surface area contributed by atoms with Gasteiger partial charge in [0.25, 0.3) is 0 Å². The molecule has 2 aromatic heterocycles. The van der Waals surface area contributed by atoms with Crippen LogP contribution in [0.1, 0.15) is 29.9 Å². The van der Waals surface area contributed by atoms with E-state index < -0.39 is 0 Å². The molecular weight excluding hydrogens is 352 g/mol. The zero-order chi connectivity index (χ0) is 19.2. The molecule has 7 nitrogen and oxygen atoms in total. The zero-order valence-electron chi connectivity index (χ0n) is 15.9. The van der Waals surface area contributed by atoms with Gasteiger partial charge in [0.1, 0.15) is 11.9 Å². The summed E-state index contributed by atoms with van der Waals surface area (Å²) in [5, 5.41) is 13.7. The molecule has 1 aromatic carbocycles. The lowest BCUT2D eigenvalue weighted by Crippen LogP contribution is -2.34. The molecule has 0 amide bonds. The van der Waals surface area contributed by atoms with Crippen LogP contribution >= 0.6 is 0 Å². The largest absolute Gasteiger partial charge is 0.474 e. The number of hydrogen-bond donors (Lipinski definition) is 3. The first-order valence-electron chi connectivity index (χ1n) is 9.53. The molecule has 3 N–H and O–H groups in total. The van der Waals surface area contributed by atoms with Gasteiger partial charge in [-0.3, -0.25) is 5.10 Å². The molecule has 7 heteroatoms. The standard InChI is InChI=1S/C21H24N6O/c1-15-13-20(27-26-15)24-19-14-21(28-17-9-11-22-12-10-17)25-18(23-19)8-7-16-5-3-2-4-6-16/h2-8,13-14,17,22H,9-12H2,1H3,(H2,23,24,25,26,27)/b8-7+. The summed E-state index contributed by atoms with van der Waals surface area (Å²) in [6.07, 6.45) is 6.00. The molecule has 0 spiro atoms. The van der Waals surface area contributed by atoms with E-state index in [2.05, 4.69) is 30.8 Å². The van der Waals surface area contributed by atoms with E-state index in [0.29, 0.717) is 23.3 Å². The third-order valence-corrected chi connectivity index (χ3v) is 4.48. The van der Waals surface area contributed by atoms with Crippen molar-refractivity contribution in [3.05, 3.63) is 59.5 Å². The molecule has 0 atom stereocenters. The van der Waals surface area contributed by atoms with Crippen molar-refractivity contribution in [3.8, 4) is 5.88 Å². The predicted molar refractivity (Wildman–Crippen MR) is 111 cm³/mol. The van der Waals surface area contributed by atoms with Gasteiger partial charge in [-0.05, 0) is 44.5 Å². The Labute approximate surface area is 164 Å². The van der Waals surface area contributed by atoms with Crippen LogP contribution < -0.4 is 15.4 Å². The molecule has 1 saturated heterocycles. The van der Waals surface area contributed by atoms with Crippen molar-refractivity contribution in [2.75, 3.05) is 18.4 Å². The van der Waals surface area contributed by atoms with Crippen LogP contribution in [0.25, 0.3) is 12.2 Å². The smallest absolute Gasteiger partial charge is 0.219 e. The van der Waals surface area contributed by atoms with Gasteiger partial charge in [-0.1, -0.05) is 36.4 Å². The van der Waals surface area contributed by atoms with Crippen molar-refractivity contribution < 1.29 is 4.74 Å². The van der Waals surface area contributed by atoms with Crippen LogP contribution in [-0.2, 0) is 0 Å². The first kappa shape index (κ1) is 18.2. The third kappa shape index (κ3) is 4.95. The molecule has 28 heavy (non-hydrogen) atoms. The Balaban J connectivity index is 1.58. The van der Waals surface area contributed by atoms with E-state index >= 15 is 0 Å². The quantitative estimate of drug-likeness (QED) is 0.610. The molecule has 4 rings (SSSR count). The molecule has 1 aliphatic heterocycles. The van der Waals surface area contributed by atoms with Crippen molar-refractivity contribution in [1.29, 1.82) is 0 Å². The molecule has 0 saturated carbocycles. The Morgan fingerprint density at radius 1 is 1.04 bits per heavy atom. The zero-order valence-corrected chi connectivity index (χ0v) is 15.9. The topological polar surface area (TPSA) is 87.8 Å². The van der Waals surface area contributed by atoms with E-state index in [0.717, 1.165) is 37.2 Å². The summed E-state index contributed by atoms with van der Waals surface area (Å²) in [5.41, 5.74) is 2.07. The molecule has 3 aromatic rings. The number of rotatable bonds is 6. The van der Waals surface area contributed by atoms with Gasteiger partial charge in [-0.2, -0.15) is 10.1 Å². The number of aromatic amines is 1. The van der Waals surface area contributed by atoms with E-state index in [-0.39, 0.29) is 6.10 Å². The lowest BCUT2D eigenvalue weighted by Gasteiger charge is -2.23. The molecule has 0 bridgehead atoms. The summed E-state index contributed by atoms with van der Waals surface area (Å²) < 4.78 is 6.14. The van der Waals surface area contributed by atoms with E-state index in [4.69, 9.17) is 4.74 Å². The van der Waals surface area contributed by atoms with Crippen LogP contribution in [0.4, 0.5) is 11.6 Å². The number of piperidine rings is 1. The van der Waals surface area contributed by atoms with Gasteiger partial charge in [0.2, 0.25) is 5.88 Å². The Hall–Kier alpha value is -3.19. The second-order valence-electron chi connectivity index (χ2n) is 6.82. The summed E-state index contributed by atoms with van der Waals surface area (Å²) in [7, 11) is 0. The molecule has 144 valence electrons. The summed E-state index contributed by atoms with van der Waals surface area (Å²) in [5.74, 6) is 2.52. The average Bonchev–Trinajstić information content (AvgIpc) is 3.12. The van der Waals surface area contributed by atoms with Crippen LogP contribution in [0.3, 0.4) is 0 Å². The first-order valence-corrected chi connectivity index (χ1v) is 9.53. The molecular formula is C21H24N6O. The third-order valence-electron chi connectivity index (χ3n) is 4.48. The number of aryl methyl sites for hydroxylation is 1. The van der Waals surface area contributed by atoms with Crippen molar-refractivity contribution >= 4 is 23.8 Å². The van der Waals surface area contributed by atoms with Crippen molar-refractivity contribution in [3.63, 3.8) is 0 Å².